The molecular weight excluding hydrogens is 1280 g/mol. The highest BCUT2D eigenvalue weighted by Crippen LogP contribution is 2.44. The molecule has 12 nitrogen and oxygen atoms in total. The number of carbonyl (C=O) groups excluding carboxylic acids is 6. The number of rotatable bonds is 20. The number of aliphatic hydroxyl groups excluding tert-OH is 1. The second kappa shape index (κ2) is 78.0. The molecule has 0 bridgehead atoms. The number of fused-ring (bicyclic) bond motifs is 3. The van der Waals surface area contributed by atoms with Gasteiger partial charge in [-0.1, -0.05) is 300 Å². The predicted molar refractivity (Wildman–Crippen MR) is 437 cm³/mol. The Morgan fingerprint density at radius 2 is 0.832 bits per heavy atom. The van der Waals surface area contributed by atoms with Gasteiger partial charge >= 0.3 is 29.8 Å². The zero-order chi connectivity index (χ0) is 79.6. The largest absolute Gasteiger partial charge is 0.466 e. The zero-order valence-electron chi connectivity index (χ0n) is 68.5. The summed E-state index contributed by atoms with van der Waals surface area (Å²) in [6.45, 7) is 67.3. The minimum Gasteiger partial charge on any atom is -0.466 e. The van der Waals surface area contributed by atoms with E-state index in [0.29, 0.717) is 33.0 Å². The SMILES string of the molecule is C=C(C)CCCCOC(C)=O.C=C(C)COC(C)=O.C=CCC.C=CCOC(C)=O.CC.CC.CC(=O)OCC1c2ccccc2-c2ccccc21.CC(=O)OCc1ccccc1.CC(C)=O.CC(C)C[Si](C)(C)C.CCC.CCC(C)C.CCc1ccc(CO)cc1.CCc1ccccc1. The number of allylic oxidation sites excluding steroid dienone is 2. The van der Waals surface area contributed by atoms with Crippen LogP contribution in [-0.2, 0) is 78.5 Å². The molecule has 0 radical (unpaired) electrons. The number of aliphatic hydroxyl groups is 1. The Hall–Kier alpha value is -7.74. The number of ether oxygens (including phenoxy) is 5. The van der Waals surface area contributed by atoms with Gasteiger partial charge in [-0.15, -0.1) is 13.2 Å². The number of hydrogen-bond acceptors (Lipinski definition) is 12. The van der Waals surface area contributed by atoms with Crippen LogP contribution in [0.5, 0.6) is 0 Å². The van der Waals surface area contributed by atoms with Gasteiger partial charge in [0.25, 0.3) is 0 Å². The summed E-state index contributed by atoms with van der Waals surface area (Å²) in [6, 6.07) is 46.2. The molecule has 6 rings (SSSR count). The molecule has 0 fully saturated rings. The van der Waals surface area contributed by atoms with Crippen molar-refractivity contribution in [3.05, 3.63) is 216 Å². The van der Waals surface area contributed by atoms with Gasteiger partial charge in [0.05, 0.1) is 13.2 Å². The first-order valence-electron chi connectivity index (χ1n) is 36.2. The van der Waals surface area contributed by atoms with Gasteiger partial charge < -0.3 is 33.6 Å². The topological polar surface area (TPSA) is 169 Å². The highest BCUT2D eigenvalue weighted by Gasteiger charge is 2.28. The summed E-state index contributed by atoms with van der Waals surface area (Å²) in [5, 5.41) is 8.70. The fourth-order valence-corrected chi connectivity index (χ4v) is 9.81. The highest BCUT2D eigenvalue weighted by molar-refractivity contribution is 6.76. The number of ketones is 1. The second-order valence-corrected chi connectivity index (χ2v) is 30.3. The Morgan fingerprint density at radius 1 is 0.475 bits per heavy atom. The summed E-state index contributed by atoms with van der Waals surface area (Å²) in [5.41, 5.74) is 11.8. The van der Waals surface area contributed by atoms with Crippen LogP contribution in [-0.4, -0.2) is 75.2 Å². The van der Waals surface area contributed by atoms with Crippen LogP contribution < -0.4 is 0 Å². The quantitative estimate of drug-likeness (QED) is 0.0258. The first-order chi connectivity index (χ1) is 47.6. The van der Waals surface area contributed by atoms with E-state index in [4.69, 9.17) is 19.3 Å². The zero-order valence-corrected chi connectivity index (χ0v) is 69.5. The van der Waals surface area contributed by atoms with Crippen LogP contribution in [0.3, 0.4) is 0 Å². The van der Waals surface area contributed by atoms with Crippen molar-refractivity contribution in [3.8, 4) is 11.1 Å². The molecule has 1 N–H and O–H groups in total. The van der Waals surface area contributed by atoms with Crippen LogP contribution in [0, 0.1) is 11.8 Å². The van der Waals surface area contributed by atoms with Gasteiger partial charge in [0, 0.05) is 48.6 Å². The molecule has 0 heterocycles. The number of aryl methyl sites for hydroxylation is 2. The number of carbonyl (C=O) groups is 6. The van der Waals surface area contributed by atoms with Crippen LogP contribution >= 0.6 is 0 Å². The molecule has 572 valence electrons. The van der Waals surface area contributed by atoms with Crippen LogP contribution in [0.4, 0.5) is 0 Å². The van der Waals surface area contributed by atoms with Crippen molar-refractivity contribution in [1.82, 2.24) is 0 Å². The minimum atomic E-state index is -0.720. The minimum absolute atomic E-state index is 0.143. The van der Waals surface area contributed by atoms with Gasteiger partial charge in [-0.3, -0.25) is 24.0 Å². The van der Waals surface area contributed by atoms with Crippen molar-refractivity contribution in [1.29, 1.82) is 0 Å². The molecule has 5 aromatic rings. The van der Waals surface area contributed by atoms with Crippen molar-refractivity contribution < 1.29 is 57.6 Å². The summed E-state index contributed by atoms with van der Waals surface area (Å²) in [7, 11) is -0.720. The fraction of sp³-hybridized carbons (Fsp3) is 0.500. The Balaban J connectivity index is -0.000000159. The molecular formula is C88H144O12Si. The second-order valence-electron chi connectivity index (χ2n) is 24.8. The van der Waals surface area contributed by atoms with E-state index in [9.17, 15) is 28.8 Å². The third-order valence-electron chi connectivity index (χ3n) is 11.9. The number of hydrogen-bond donors (Lipinski definition) is 1. The van der Waals surface area contributed by atoms with E-state index in [1.165, 1.54) is 112 Å². The van der Waals surface area contributed by atoms with Crippen LogP contribution in [0.2, 0.25) is 25.7 Å². The number of esters is 5. The highest BCUT2D eigenvalue weighted by atomic mass is 28.3. The molecule has 0 spiro atoms. The van der Waals surface area contributed by atoms with Crippen molar-refractivity contribution in [2.24, 2.45) is 11.8 Å². The molecule has 101 heavy (non-hydrogen) atoms. The maximum absolute atomic E-state index is 11.0. The monoisotopic (exact) mass is 1420 g/mol. The average Bonchev–Trinajstić information content (AvgIpc) is 1.62. The van der Waals surface area contributed by atoms with Crippen molar-refractivity contribution in [2.45, 2.75) is 255 Å². The van der Waals surface area contributed by atoms with Crippen LogP contribution in [0.1, 0.15) is 237 Å². The molecule has 5 aromatic carbocycles. The standard InChI is InChI=1S/C16H14O2.C9H10O2.C9H16O2.C9H12O.C8H10.C7H18Si.C6H10O2.C5H8O2.C5H12.C4H8.C3H6O.C3H8.2C2H6/c1-11(17)18-10-16-14-8-4-2-6-12(14)13-7-3-5-9-15(13)16;1-8(10)11-7-9-5-3-2-4-6-9;1-8(2)6-4-5-7-11-9(3)10;1-2-8-3-5-9(7-10)6-4-8;1-2-8-6-4-3-5-7-8;1-7(2)6-8(3,4)5;1-5(2)4-8-6(3)7;1-3-4-7-5(2)6;1-4-5(2)3;1-3-4-2;1-3(2)4;1-3-2;2*1-2/h2-9,16H,10H2,1H3;2-6H,7H2,1H3;1,4-7H2,2-3H3;3-6,10H,2,7H2,1H3;3-7H,2H2,1H3;7H,6H2,1-5H3;1,4H2,2-3H3;3H,1,4H2,2H3;5H,4H2,1-3H3;3H,1,4H2,2H3;1-2H3;3H2,1-2H3;2*1-2H3. The van der Waals surface area contributed by atoms with E-state index in [-0.39, 0.29) is 48.2 Å². The van der Waals surface area contributed by atoms with E-state index in [1.54, 1.807) is 0 Å². The maximum Gasteiger partial charge on any atom is 0.302 e. The number of benzene rings is 5. The predicted octanol–water partition coefficient (Wildman–Crippen LogP) is 23.9. The Bertz CT molecular complexity index is 2690. The maximum atomic E-state index is 11.0. The van der Waals surface area contributed by atoms with E-state index in [2.05, 4.69) is 173 Å². The van der Waals surface area contributed by atoms with E-state index in [0.717, 1.165) is 67.1 Å². The lowest BCUT2D eigenvalue weighted by Gasteiger charge is -2.17. The van der Waals surface area contributed by atoms with Gasteiger partial charge in [0.2, 0.25) is 0 Å². The van der Waals surface area contributed by atoms with Crippen LogP contribution in [0.15, 0.2) is 183 Å². The third kappa shape index (κ3) is 86.4. The van der Waals surface area contributed by atoms with Gasteiger partial charge in [0.15, 0.2) is 0 Å². The van der Waals surface area contributed by atoms with E-state index in [1.807, 2.05) is 133 Å². The molecule has 1 aliphatic carbocycles. The van der Waals surface area contributed by atoms with Gasteiger partial charge in [-0.2, -0.15) is 0 Å². The van der Waals surface area contributed by atoms with Gasteiger partial charge in [-0.05, 0) is 128 Å². The Kier molecular flexibility index (Phi) is 84.3. The first kappa shape index (κ1) is 109. The van der Waals surface area contributed by atoms with E-state index < -0.39 is 8.07 Å². The van der Waals surface area contributed by atoms with Gasteiger partial charge in [-0.25, -0.2) is 0 Å². The third-order valence-corrected chi connectivity index (χ3v) is 14.0. The molecule has 13 heteroatoms. The lowest BCUT2D eigenvalue weighted by Crippen LogP contribution is -2.21. The molecule has 0 unspecified atom stereocenters. The number of unbranched alkanes of at least 4 members (excludes halogenated alkanes) is 1. The van der Waals surface area contributed by atoms with Gasteiger partial charge in [0.1, 0.15) is 32.2 Å². The van der Waals surface area contributed by atoms with Crippen molar-refractivity contribution in [3.63, 3.8) is 0 Å². The molecule has 1 aliphatic rings. The Morgan fingerprint density at radius 3 is 1.10 bits per heavy atom. The molecule has 0 atom stereocenters. The molecule has 0 aliphatic heterocycles. The molecule has 0 aromatic heterocycles. The average molecular weight is 1420 g/mol. The molecule has 0 saturated carbocycles. The summed E-state index contributed by atoms with van der Waals surface area (Å²) in [5.74, 6) is 0.942. The van der Waals surface area contributed by atoms with Crippen molar-refractivity contribution in [2.75, 3.05) is 26.4 Å². The fourth-order valence-electron chi connectivity index (χ4n) is 7.36. The summed E-state index contributed by atoms with van der Waals surface area (Å²) in [6.07, 6.45) is 12.3. The lowest BCUT2D eigenvalue weighted by molar-refractivity contribution is -0.142. The Labute approximate surface area is 619 Å². The lowest BCUT2D eigenvalue weighted by atomic mass is 9.98. The number of Topliss-reactive ketones (excluding diaryl/α,β-unsaturated/α-hetero) is 1. The summed E-state index contributed by atoms with van der Waals surface area (Å²) in [4.78, 5) is 61.2. The normalized spacial score (nSPS) is 9.48. The first-order valence-corrected chi connectivity index (χ1v) is 39.9. The van der Waals surface area contributed by atoms with E-state index >= 15 is 0 Å². The summed E-state index contributed by atoms with van der Waals surface area (Å²) < 4.78 is 23.7. The smallest absolute Gasteiger partial charge is 0.302 e. The summed E-state index contributed by atoms with van der Waals surface area (Å²) >= 11 is 0. The van der Waals surface area contributed by atoms with Crippen molar-refractivity contribution >= 4 is 43.7 Å². The molecule has 0 amide bonds. The van der Waals surface area contributed by atoms with Crippen LogP contribution in [0.25, 0.3) is 11.1 Å². The molecule has 0 saturated heterocycles.